The van der Waals surface area contributed by atoms with Crippen LogP contribution in [0.3, 0.4) is 0 Å². The number of carbonyl (C=O) groups is 2. The van der Waals surface area contributed by atoms with Crippen molar-refractivity contribution in [3.63, 3.8) is 0 Å². The van der Waals surface area contributed by atoms with Gasteiger partial charge in [0.05, 0.1) is 6.61 Å². The van der Waals surface area contributed by atoms with Crippen molar-refractivity contribution in [1.82, 2.24) is 5.32 Å². The van der Waals surface area contributed by atoms with E-state index in [1.165, 1.54) is 0 Å². The van der Waals surface area contributed by atoms with Crippen molar-refractivity contribution in [1.29, 1.82) is 0 Å². The van der Waals surface area contributed by atoms with E-state index in [9.17, 15) is 9.59 Å². The van der Waals surface area contributed by atoms with Crippen molar-refractivity contribution < 1.29 is 14.7 Å². The molecular weight excluding hydrogens is 304 g/mol. The molecule has 3 N–H and O–H groups in total. The minimum Gasteiger partial charge on any atom is -0.392 e. The van der Waals surface area contributed by atoms with Crippen molar-refractivity contribution >= 4 is 17.5 Å². The second-order valence-corrected chi connectivity index (χ2v) is 5.73. The van der Waals surface area contributed by atoms with E-state index in [1.54, 1.807) is 0 Å². The van der Waals surface area contributed by atoms with Gasteiger partial charge in [-0.2, -0.15) is 0 Å². The summed E-state index contributed by atoms with van der Waals surface area (Å²) in [6.07, 6.45) is -0.229. The Hall–Kier alpha value is -2.66. The maximum absolute atomic E-state index is 12.0. The Bertz CT molecular complexity index is 741. The molecule has 0 atom stereocenters. The molecule has 0 aliphatic carbocycles. The summed E-state index contributed by atoms with van der Waals surface area (Å²) in [7, 11) is 0. The number of aliphatic hydroxyl groups is 1. The Morgan fingerprint density at radius 2 is 1.71 bits per heavy atom. The van der Waals surface area contributed by atoms with E-state index < -0.39 is 0 Å². The highest BCUT2D eigenvalue weighted by Crippen LogP contribution is 2.18. The third kappa shape index (κ3) is 4.93. The zero-order valence-electron chi connectivity index (χ0n) is 13.9. The van der Waals surface area contributed by atoms with Crippen molar-refractivity contribution in [2.75, 3.05) is 5.32 Å². The van der Waals surface area contributed by atoms with Crippen LogP contribution in [0.25, 0.3) is 0 Å². The molecule has 0 radical (unpaired) electrons. The largest absolute Gasteiger partial charge is 0.392 e. The molecule has 2 amide bonds. The first-order valence-electron chi connectivity index (χ1n) is 7.81. The second-order valence-electron chi connectivity index (χ2n) is 5.73. The number of carbonyl (C=O) groups excluding carboxylic acids is 2. The van der Waals surface area contributed by atoms with E-state index in [0.717, 1.165) is 27.9 Å². The molecule has 0 spiro atoms. The average molecular weight is 326 g/mol. The smallest absolute Gasteiger partial charge is 0.233 e. The van der Waals surface area contributed by atoms with Gasteiger partial charge >= 0.3 is 0 Å². The molecule has 0 unspecified atom stereocenters. The molecule has 0 aliphatic heterocycles. The number of aryl methyl sites for hydroxylation is 1. The summed E-state index contributed by atoms with van der Waals surface area (Å²) in [5.74, 6) is -0.683. The van der Waals surface area contributed by atoms with Crippen molar-refractivity contribution in [3.05, 3.63) is 64.7 Å². The average Bonchev–Trinajstić information content (AvgIpc) is 2.57. The van der Waals surface area contributed by atoms with Crippen LogP contribution in [0.4, 0.5) is 5.69 Å². The number of aliphatic hydroxyl groups excluding tert-OH is 1. The fourth-order valence-electron chi connectivity index (χ4n) is 2.33. The molecule has 2 rings (SSSR count). The number of amides is 2. The number of anilines is 1. The summed E-state index contributed by atoms with van der Waals surface area (Å²) in [6.45, 7) is 4.18. The second kappa shape index (κ2) is 8.26. The maximum atomic E-state index is 12.0. The Morgan fingerprint density at radius 3 is 2.46 bits per heavy atom. The third-order valence-corrected chi connectivity index (χ3v) is 3.86. The molecule has 0 saturated heterocycles. The highest BCUT2D eigenvalue weighted by Gasteiger charge is 2.11. The lowest BCUT2D eigenvalue weighted by atomic mass is 10.1. The van der Waals surface area contributed by atoms with Gasteiger partial charge in [-0.1, -0.05) is 36.4 Å². The normalized spacial score (nSPS) is 10.3. The summed E-state index contributed by atoms with van der Waals surface area (Å²) < 4.78 is 0. The summed E-state index contributed by atoms with van der Waals surface area (Å²) in [4.78, 5) is 23.9. The lowest BCUT2D eigenvalue weighted by Crippen LogP contribution is -2.28. The molecule has 0 fully saturated rings. The van der Waals surface area contributed by atoms with Crippen molar-refractivity contribution in [2.24, 2.45) is 0 Å². The van der Waals surface area contributed by atoms with Gasteiger partial charge in [-0.25, -0.2) is 0 Å². The Labute approximate surface area is 141 Å². The van der Waals surface area contributed by atoms with Gasteiger partial charge in [-0.05, 0) is 42.2 Å². The first-order valence-corrected chi connectivity index (χ1v) is 7.81. The van der Waals surface area contributed by atoms with Crippen LogP contribution in [0.5, 0.6) is 0 Å². The Kier molecular flexibility index (Phi) is 6.09. The van der Waals surface area contributed by atoms with Crippen molar-refractivity contribution in [3.8, 4) is 0 Å². The molecule has 0 aromatic heterocycles. The maximum Gasteiger partial charge on any atom is 0.233 e. The van der Waals surface area contributed by atoms with Gasteiger partial charge in [0.1, 0.15) is 6.42 Å². The molecule has 0 bridgehead atoms. The van der Waals surface area contributed by atoms with Gasteiger partial charge < -0.3 is 15.7 Å². The minimum absolute atomic E-state index is 0.0416. The first kappa shape index (κ1) is 17.7. The molecule has 0 aliphatic rings. The molecule has 24 heavy (non-hydrogen) atoms. The van der Waals surface area contributed by atoms with E-state index in [4.69, 9.17) is 5.11 Å². The molecule has 0 heterocycles. The first-order chi connectivity index (χ1) is 11.5. The molecule has 0 saturated carbocycles. The predicted octanol–water partition coefficient (Wildman–Crippen LogP) is 2.44. The monoisotopic (exact) mass is 326 g/mol. The van der Waals surface area contributed by atoms with E-state index in [2.05, 4.69) is 10.6 Å². The Morgan fingerprint density at radius 1 is 1.00 bits per heavy atom. The highest BCUT2D eigenvalue weighted by atomic mass is 16.3. The standard InChI is InChI=1S/C19H22N2O3/c1-13-5-3-8-17(14(13)2)21-19(24)10-18(23)20-11-15-6-4-7-16(9-15)12-22/h3-9,22H,10-12H2,1-2H3,(H,20,23)(H,21,24). The molecule has 5 heteroatoms. The molecule has 2 aromatic rings. The van der Waals surface area contributed by atoms with Crippen LogP contribution in [0.2, 0.25) is 0 Å². The molecule has 126 valence electrons. The zero-order valence-corrected chi connectivity index (χ0v) is 13.9. The zero-order chi connectivity index (χ0) is 17.5. The Balaban J connectivity index is 1.85. The van der Waals surface area contributed by atoms with Gasteiger partial charge in [-0.15, -0.1) is 0 Å². The SMILES string of the molecule is Cc1cccc(NC(=O)CC(=O)NCc2cccc(CO)c2)c1C. The van der Waals surface area contributed by atoms with Crippen LogP contribution in [-0.4, -0.2) is 16.9 Å². The van der Waals surface area contributed by atoms with E-state index in [1.807, 2.05) is 56.3 Å². The lowest BCUT2D eigenvalue weighted by molar-refractivity contribution is -0.126. The van der Waals surface area contributed by atoms with E-state index >= 15 is 0 Å². The third-order valence-electron chi connectivity index (χ3n) is 3.86. The van der Waals surface area contributed by atoms with Gasteiger partial charge in [0.15, 0.2) is 0 Å². The van der Waals surface area contributed by atoms with E-state index in [-0.39, 0.29) is 24.8 Å². The van der Waals surface area contributed by atoms with Gasteiger partial charge in [-0.3, -0.25) is 9.59 Å². The number of hydrogen-bond acceptors (Lipinski definition) is 3. The fourth-order valence-corrected chi connectivity index (χ4v) is 2.33. The van der Waals surface area contributed by atoms with Crippen molar-refractivity contribution in [2.45, 2.75) is 33.4 Å². The minimum atomic E-state index is -0.342. The number of hydrogen-bond donors (Lipinski definition) is 3. The summed E-state index contributed by atoms with van der Waals surface area (Å²) in [5, 5.41) is 14.6. The van der Waals surface area contributed by atoms with Crippen LogP contribution in [0.1, 0.15) is 28.7 Å². The summed E-state index contributed by atoms with van der Waals surface area (Å²) in [5.41, 5.74) is 4.47. The van der Waals surface area contributed by atoms with Crippen LogP contribution >= 0.6 is 0 Å². The van der Waals surface area contributed by atoms with Gasteiger partial charge in [0.2, 0.25) is 11.8 Å². The van der Waals surface area contributed by atoms with Gasteiger partial charge in [0, 0.05) is 12.2 Å². The summed E-state index contributed by atoms with van der Waals surface area (Å²) >= 11 is 0. The molecular formula is C19H22N2O3. The number of nitrogens with one attached hydrogen (secondary N) is 2. The quantitative estimate of drug-likeness (QED) is 0.714. The van der Waals surface area contributed by atoms with Crippen LogP contribution in [0.15, 0.2) is 42.5 Å². The number of rotatable bonds is 6. The van der Waals surface area contributed by atoms with Crippen LogP contribution in [0, 0.1) is 13.8 Å². The van der Waals surface area contributed by atoms with Crippen LogP contribution < -0.4 is 10.6 Å². The van der Waals surface area contributed by atoms with E-state index in [0.29, 0.717) is 6.54 Å². The molecule has 2 aromatic carbocycles. The summed E-state index contributed by atoms with van der Waals surface area (Å²) in [6, 6.07) is 13.0. The van der Waals surface area contributed by atoms with Crippen LogP contribution in [-0.2, 0) is 22.7 Å². The topological polar surface area (TPSA) is 78.4 Å². The molecule has 5 nitrogen and oxygen atoms in total. The lowest BCUT2D eigenvalue weighted by Gasteiger charge is -2.10. The van der Waals surface area contributed by atoms with Gasteiger partial charge in [0.25, 0.3) is 0 Å². The number of benzene rings is 2. The highest BCUT2D eigenvalue weighted by molar-refractivity contribution is 6.03. The predicted molar refractivity (Wildman–Crippen MR) is 93.4 cm³/mol. The fraction of sp³-hybridized carbons (Fsp3) is 0.263.